The Bertz CT molecular complexity index is 1070. The zero-order chi connectivity index (χ0) is 25.1. The molecule has 0 saturated heterocycles. The van der Waals surface area contributed by atoms with E-state index in [1.54, 1.807) is 24.3 Å². The molecule has 0 unspecified atom stereocenters. The van der Waals surface area contributed by atoms with Crippen molar-refractivity contribution in [2.75, 3.05) is 0 Å². The van der Waals surface area contributed by atoms with E-state index in [-0.39, 0.29) is 11.5 Å². The molecule has 0 radical (unpaired) electrons. The van der Waals surface area contributed by atoms with Crippen molar-refractivity contribution in [3.63, 3.8) is 0 Å². The molecule has 0 aliphatic rings. The second-order valence-electron chi connectivity index (χ2n) is 7.27. The quantitative estimate of drug-likeness (QED) is 0.231. The summed E-state index contributed by atoms with van der Waals surface area (Å²) >= 11 is -3.75. The fourth-order valence-electron chi connectivity index (χ4n) is 3.18. The number of hydrogen-bond acceptors (Lipinski definition) is 2. The first-order valence-electron chi connectivity index (χ1n) is 11.4. The van der Waals surface area contributed by atoms with Crippen LogP contribution in [0.1, 0.15) is 34.1 Å². The molecule has 0 atom stereocenters. The minimum absolute atomic E-state index is 0.183. The molecule has 0 spiro atoms. The van der Waals surface area contributed by atoms with Crippen LogP contribution in [0.3, 0.4) is 0 Å². The van der Waals surface area contributed by atoms with Crippen molar-refractivity contribution >= 4 is 41.1 Å². The number of aromatic hydroxyl groups is 2. The van der Waals surface area contributed by atoms with Crippen LogP contribution in [0.2, 0.25) is 0 Å². The first-order valence-corrected chi connectivity index (χ1v) is 19.6. The van der Waals surface area contributed by atoms with E-state index >= 15 is 0 Å². The molecule has 4 aromatic carbocycles. The number of phenolic OH excluding ortho intramolecular Hbond substituents is 2. The molecule has 0 aliphatic heterocycles. The molecular formula is C29H32Cl2O2Te. The van der Waals surface area contributed by atoms with Crippen LogP contribution >= 0.6 is 17.9 Å². The number of halogens is 2. The van der Waals surface area contributed by atoms with Gasteiger partial charge in [0.15, 0.2) is 0 Å². The first kappa shape index (κ1) is 28.1. The molecule has 2 N–H and O–H groups in total. The molecule has 2 nitrogen and oxygen atoms in total. The molecule has 0 fully saturated rings. The average molecular weight is 611 g/mol. The fourth-order valence-corrected chi connectivity index (χ4v) is 9.42. The second-order valence-corrected chi connectivity index (χ2v) is 19.9. The molecule has 180 valence electrons. The first-order chi connectivity index (χ1) is 16.4. The van der Waals surface area contributed by atoms with E-state index in [1.807, 2.05) is 86.6 Å². The monoisotopic (exact) mass is 612 g/mol. The van der Waals surface area contributed by atoms with E-state index in [0.717, 1.165) is 18.3 Å². The maximum atomic E-state index is 10.4. The Morgan fingerprint density at radius 1 is 0.588 bits per heavy atom. The van der Waals surface area contributed by atoms with Gasteiger partial charge in [0.05, 0.1) is 0 Å². The van der Waals surface area contributed by atoms with E-state index in [2.05, 4.69) is 13.8 Å². The van der Waals surface area contributed by atoms with Crippen molar-refractivity contribution < 1.29 is 10.2 Å². The van der Waals surface area contributed by atoms with Crippen LogP contribution in [0, 0.1) is 0 Å². The Balaban J connectivity index is 0.000000758. The molecule has 34 heavy (non-hydrogen) atoms. The zero-order valence-electron chi connectivity index (χ0n) is 20.0. The standard InChI is InChI=1S/C24H18Cl2O2Te.C3H8.C2H6/c25-29(26,19-11-13-23(27)21(15-19)17-7-3-1-4-8-17)20-12-14-24(28)22(16-20)18-9-5-2-6-10-18;1-3-2;1-2/h1-16,27-28H;3H2,1-2H3;1-2H3. The summed E-state index contributed by atoms with van der Waals surface area (Å²) in [5, 5.41) is 20.7. The van der Waals surface area contributed by atoms with Gasteiger partial charge in [-0.1, -0.05) is 34.1 Å². The van der Waals surface area contributed by atoms with Crippen LogP contribution < -0.4 is 7.22 Å². The Hall–Kier alpha value is -2.15. The van der Waals surface area contributed by atoms with E-state index in [0.29, 0.717) is 11.1 Å². The Morgan fingerprint density at radius 3 is 1.24 bits per heavy atom. The molecule has 4 aromatic rings. The molecule has 0 bridgehead atoms. The van der Waals surface area contributed by atoms with Crippen molar-refractivity contribution in [2.45, 2.75) is 34.1 Å². The normalized spacial score (nSPS) is 10.9. The third-order valence-corrected chi connectivity index (χ3v) is 14.3. The van der Waals surface area contributed by atoms with Gasteiger partial charge in [-0.3, -0.25) is 0 Å². The van der Waals surface area contributed by atoms with Crippen LogP contribution in [0.5, 0.6) is 11.5 Å². The summed E-state index contributed by atoms with van der Waals surface area (Å²) in [5.41, 5.74) is 3.19. The van der Waals surface area contributed by atoms with Crippen LogP contribution in [0.15, 0.2) is 97.1 Å². The predicted octanol–water partition coefficient (Wildman–Crippen LogP) is 7.91. The van der Waals surface area contributed by atoms with Crippen molar-refractivity contribution in [1.82, 2.24) is 0 Å². The summed E-state index contributed by atoms with van der Waals surface area (Å²) in [6, 6.07) is 29.9. The zero-order valence-corrected chi connectivity index (χ0v) is 23.8. The van der Waals surface area contributed by atoms with E-state index in [9.17, 15) is 10.2 Å². The third-order valence-electron chi connectivity index (χ3n) is 4.70. The maximum absolute atomic E-state index is 10.4. The van der Waals surface area contributed by atoms with Gasteiger partial charge in [-0.2, -0.15) is 0 Å². The van der Waals surface area contributed by atoms with Crippen LogP contribution in [0.4, 0.5) is 0 Å². The minimum atomic E-state index is -3.75. The molecular weight excluding hydrogens is 579 g/mol. The molecule has 5 heteroatoms. The molecule has 4 rings (SSSR count). The number of benzene rings is 4. The molecule has 0 aliphatic carbocycles. The van der Waals surface area contributed by atoms with Crippen molar-refractivity contribution in [3.8, 4) is 33.8 Å². The van der Waals surface area contributed by atoms with Crippen molar-refractivity contribution in [1.29, 1.82) is 0 Å². The van der Waals surface area contributed by atoms with Crippen LogP contribution in [0.25, 0.3) is 22.3 Å². The number of phenols is 2. The van der Waals surface area contributed by atoms with Gasteiger partial charge in [0, 0.05) is 0 Å². The van der Waals surface area contributed by atoms with Gasteiger partial charge in [-0.25, -0.2) is 0 Å². The van der Waals surface area contributed by atoms with Gasteiger partial charge in [-0.15, -0.1) is 0 Å². The van der Waals surface area contributed by atoms with E-state index in [1.165, 1.54) is 6.42 Å². The van der Waals surface area contributed by atoms with Crippen LogP contribution in [-0.4, -0.2) is 26.2 Å². The average Bonchev–Trinajstić information content (AvgIpc) is 2.87. The Labute approximate surface area is 215 Å². The Morgan fingerprint density at radius 2 is 0.912 bits per heavy atom. The van der Waals surface area contributed by atoms with E-state index in [4.69, 9.17) is 17.9 Å². The van der Waals surface area contributed by atoms with Gasteiger partial charge in [0.2, 0.25) is 0 Å². The molecule has 0 aromatic heterocycles. The summed E-state index contributed by atoms with van der Waals surface area (Å²) in [6.07, 6.45) is 1.25. The van der Waals surface area contributed by atoms with Gasteiger partial charge >= 0.3 is 182 Å². The van der Waals surface area contributed by atoms with Gasteiger partial charge in [-0.05, 0) is 0 Å². The van der Waals surface area contributed by atoms with E-state index < -0.39 is 15.9 Å². The fraction of sp³-hybridized carbons (Fsp3) is 0.172. The number of rotatable bonds is 4. The van der Waals surface area contributed by atoms with Gasteiger partial charge in [0.25, 0.3) is 0 Å². The summed E-state index contributed by atoms with van der Waals surface area (Å²) in [5.74, 6) is 0.366. The summed E-state index contributed by atoms with van der Waals surface area (Å²) in [6.45, 7) is 8.25. The Kier molecular flexibility index (Phi) is 11.3. The SMILES string of the molecule is CC.CCC.Oc1ccc([Te](Cl)(Cl)c2ccc(O)c(-c3ccccc3)c2)cc1-c1ccccc1. The third kappa shape index (κ3) is 6.94. The summed E-state index contributed by atoms with van der Waals surface area (Å²) < 4.78 is 1.63. The number of hydrogen-bond donors (Lipinski definition) is 2. The molecule has 0 saturated carbocycles. The molecule has 0 heterocycles. The predicted molar refractivity (Wildman–Crippen MR) is 151 cm³/mol. The van der Waals surface area contributed by atoms with Crippen molar-refractivity contribution in [2.24, 2.45) is 0 Å². The van der Waals surface area contributed by atoms with Crippen LogP contribution in [-0.2, 0) is 0 Å². The second kappa shape index (κ2) is 13.7. The summed E-state index contributed by atoms with van der Waals surface area (Å²) in [4.78, 5) is 0. The van der Waals surface area contributed by atoms with Gasteiger partial charge < -0.3 is 0 Å². The van der Waals surface area contributed by atoms with Crippen molar-refractivity contribution in [3.05, 3.63) is 97.1 Å². The molecule has 0 amide bonds. The van der Waals surface area contributed by atoms with Gasteiger partial charge in [0.1, 0.15) is 0 Å². The summed E-state index contributed by atoms with van der Waals surface area (Å²) in [7, 11) is 14.0. The topological polar surface area (TPSA) is 40.5 Å².